The van der Waals surface area contributed by atoms with Crippen molar-refractivity contribution in [1.82, 2.24) is 4.98 Å². The Kier molecular flexibility index (Phi) is 4.87. The summed E-state index contributed by atoms with van der Waals surface area (Å²) in [4.78, 5) is 14.3. The van der Waals surface area contributed by atoms with Gasteiger partial charge in [-0.3, -0.25) is 4.79 Å². The van der Waals surface area contributed by atoms with E-state index in [9.17, 15) is 22.4 Å². The number of nitrogens with zero attached hydrogens (tertiary/aromatic N) is 1. The lowest BCUT2D eigenvalue weighted by atomic mass is 10.2. The van der Waals surface area contributed by atoms with Gasteiger partial charge in [-0.05, 0) is 29.8 Å². The summed E-state index contributed by atoms with van der Waals surface area (Å²) in [6, 6.07) is 9.32. The van der Waals surface area contributed by atoms with Crippen molar-refractivity contribution in [3.05, 3.63) is 77.5 Å². The second kappa shape index (κ2) is 7.26. The SMILES string of the molecule is O=C(Nc1ccc(CNc2c(F)c(F)nc(F)c2F)cc1)c1ccco1. The molecular formula is C17H11F4N3O2. The summed E-state index contributed by atoms with van der Waals surface area (Å²) in [6.07, 6.45) is 1.37. The first-order chi connectivity index (χ1) is 12.5. The number of hydrogen-bond donors (Lipinski definition) is 2. The summed E-state index contributed by atoms with van der Waals surface area (Å²) in [6.45, 7) is -0.108. The molecule has 0 radical (unpaired) electrons. The molecule has 0 aliphatic rings. The van der Waals surface area contributed by atoms with Gasteiger partial charge in [0, 0.05) is 12.2 Å². The molecule has 2 N–H and O–H groups in total. The zero-order chi connectivity index (χ0) is 18.7. The fourth-order valence-electron chi connectivity index (χ4n) is 2.14. The number of amides is 1. The number of pyridine rings is 1. The van der Waals surface area contributed by atoms with Gasteiger partial charge >= 0.3 is 0 Å². The van der Waals surface area contributed by atoms with E-state index in [1.807, 2.05) is 0 Å². The molecule has 0 saturated carbocycles. The van der Waals surface area contributed by atoms with E-state index < -0.39 is 35.1 Å². The molecule has 0 saturated heterocycles. The number of hydrogen-bond acceptors (Lipinski definition) is 4. The number of aromatic nitrogens is 1. The van der Waals surface area contributed by atoms with Crippen LogP contribution in [-0.2, 0) is 6.54 Å². The average Bonchev–Trinajstić information content (AvgIpc) is 3.16. The highest BCUT2D eigenvalue weighted by atomic mass is 19.2. The number of benzene rings is 1. The predicted molar refractivity (Wildman–Crippen MR) is 84.5 cm³/mol. The maximum Gasteiger partial charge on any atom is 0.291 e. The van der Waals surface area contributed by atoms with Crippen molar-refractivity contribution < 1.29 is 26.8 Å². The van der Waals surface area contributed by atoms with E-state index in [-0.39, 0.29) is 12.3 Å². The van der Waals surface area contributed by atoms with Crippen molar-refractivity contribution in [2.24, 2.45) is 0 Å². The van der Waals surface area contributed by atoms with Crippen LogP contribution in [0.3, 0.4) is 0 Å². The molecule has 5 nitrogen and oxygen atoms in total. The summed E-state index contributed by atoms with van der Waals surface area (Å²) in [5.41, 5.74) is 0.0798. The molecule has 0 fully saturated rings. The molecule has 9 heteroatoms. The third kappa shape index (κ3) is 3.66. The number of nitrogens with one attached hydrogen (secondary N) is 2. The molecule has 1 amide bonds. The van der Waals surface area contributed by atoms with E-state index >= 15 is 0 Å². The summed E-state index contributed by atoms with van der Waals surface area (Å²) < 4.78 is 58.1. The maximum atomic E-state index is 13.5. The Bertz CT molecular complexity index is 902. The molecule has 0 bridgehead atoms. The first-order valence-electron chi connectivity index (χ1n) is 7.33. The van der Waals surface area contributed by atoms with E-state index in [4.69, 9.17) is 4.42 Å². The van der Waals surface area contributed by atoms with E-state index in [0.29, 0.717) is 11.3 Å². The molecule has 0 unspecified atom stereocenters. The van der Waals surface area contributed by atoms with Crippen molar-refractivity contribution in [2.75, 3.05) is 10.6 Å². The van der Waals surface area contributed by atoms with Crippen LogP contribution in [0.1, 0.15) is 16.1 Å². The summed E-state index contributed by atoms with van der Waals surface area (Å²) >= 11 is 0. The van der Waals surface area contributed by atoms with Gasteiger partial charge in [-0.1, -0.05) is 12.1 Å². The highest BCUT2D eigenvalue weighted by molar-refractivity contribution is 6.02. The first kappa shape index (κ1) is 17.5. The minimum absolute atomic E-state index is 0.108. The molecule has 2 aromatic heterocycles. The van der Waals surface area contributed by atoms with Crippen LogP contribution in [0.4, 0.5) is 28.9 Å². The molecular weight excluding hydrogens is 354 g/mol. The summed E-state index contributed by atoms with van der Waals surface area (Å²) in [5, 5.41) is 4.89. The number of carbonyl (C=O) groups is 1. The van der Waals surface area contributed by atoms with E-state index in [1.54, 1.807) is 30.3 Å². The number of furan rings is 1. The topological polar surface area (TPSA) is 67.2 Å². The molecule has 2 heterocycles. The molecule has 26 heavy (non-hydrogen) atoms. The number of carbonyl (C=O) groups excluding carboxylic acids is 1. The van der Waals surface area contributed by atoms with Crippen LogP contribution in [-0.4, -0.2) is 10.9 Å². The molecule has 3 rings (SSSR count). The zero-order valence-electron chi connectivity index (χ0n) is 13.0. The number of rotatable bonds is 5. The van der Waals surface area contributed by atoms with Crippen LogP contribution in [0.15, 0.2) is 47.1 Å². The predicted octanol–water partition coefficient (Wildman–Crippen LogP) is 4.10. The van der Waals surface area contributed by atoms with Gasteiger partial charge in [0.2, 0.25) is 11.6 Å². The molecule has 3 aromatic rings. The smallest absolute Gasteiger partial charge is 0.291 e. The van der Waals surface area contributed by atoms with Gasteiger partial charge in [0.05, 0.1) is 6.26 Å². The molecule has 1 aromatic carbocycles. The second-order valence-electron chi connectivity index (χ2n) is 5.18. The van der Waals surface area contributed by atoms with Crippen molar-refractivity contribution in [3.63, 3.8) is 0 Å². The van der Waals surface area contributed by atoms with Crippen molar-refractivity contribution in [2.45, 2.75) is 6.54 Å². The third-order valence-electron chi connectivity index (χ3n) is 3.42. The Labute approximate surface area is 144 Å². The van der Waals surface area contributed by atoms with Crippen LogP contribution < -0.4 is 10.6 Å². The minimum atomic E-state index is -1.73. The van der Waals surface area contributed by atoms with E-state index in [0.717, 1.165) is 0 Å². The monoisotopic (exact) mass is 365 g/mol. The van der Waals surface area contributed by atoms with Crippen molar-refractivity contribution in [3.8, 4) is 0 Å². The number of halogens is 4. The van der Waals surface area contributed by atoms with Gasteiger partial charge in [-0.25, -0.2) is 0 Å². The highest BCUT2D eigenvalue weighted by Gasteiger charge is 2.20. The van der Waals surface area contributed by atoms with Crippen LogP contribution in [0.25, 0.3) is 0 Å². The van der Waals surface area contributed by atoms with Gasteiger partial charge < -0.3 is 15.1 Å². The maximum absolute atomic E-state index is 13.5. The average molecular weight is 365 g/mol. The standard InChI is InChI=1S/C17H11F4N3O2/c18-12-14(13(19)16(21)24-15(12)20)22-8-9-3-5-10(6-4-9)23-17(25)11-2-1-7-26-11/h1-7H,8H2,(H,22,24)(H,23,25). The van der Waals surface area contributed by atoms with Gasteiger partial charge in [-0.2, -0.15) is 22.5 Å². The molecule has 0 atom stereocenters. The lowest BCUT2D eigenvalue weighted by molar-refractivity contribution is 0.0996. The lowest BCUT2D eigenvalue weighted by Gasteiger charge is -2.10. The van der Waals surface area contributed by atoms with Gasteiger partial charge in [0.15, 0.2) is 5.76 Å². The van der Waals surface area contributed by atoms with Crippen LogP contribution in [0.5, 0.6) is 0 Å². The Hall–Kier alpha value is -3.36. The first-order valence-corrected chi connectivity index (χ1v) is 7.33. The highest BCUT2D eigenvalue weighted by Crippen LogP contribution is 2.23. The molecule has 0 aliphatic carbocycles. The zero-order valence-corrected chi connectivity index (χ0v) is 13.0. The molecule has 134 valence electrons. The number of anilines is 2. The Balaban J connectivity index is 1.66. The molecule has 0 spiro atoms. The van der Waals surface area contributed by atoms with E-state index in [2.05, 4.69) is 15.6 Å². The van der Waals surface area contributed by atoms with E-state index in [1.165, 1.54) is 12.3 Å². The Morgan fingerprint density at radius 1 is 1.00 bits per heavy atom. The third-order valence-corrected chi connectivity index (χ3v) is 3.42. The fraction of sp³-hybridized carbons (Fsp3) is 0.0588. The normalized spacial score (nSPS) is 10.6. The summed E-state index contributed by atoms with van der Waals surface area (Å²) in [7, 11) is 0. The van der Waals surface area contributed by atoms with Crippen molar-refractivity contribution in [1.29, 1.82) is 0 Å². The lowest BCUT2D eigenvalue weighted by Crippen LogP contribution is -2.11. The Morgan fingerprint density at radius 2 is 1.65 bits per heavy atom. The minimum Gasteiger partial charge on any atom is -0.459 e. The molecule has 0 aliphatic heterocycles. The second-order valence-corrected chi connectivity index (χ2v) is 5.18. The van der Waals surface area contributed by atoms with Gasteiger partial charge in [0.25, 0.3) is 17.8 Å². The Morgan fingerprint density at radius 3 is 2.23 bits per heavy atom. The quantitative estimate of drug-likeness (QED) is 0.528. The fourth-order valence-corrected chi connectivity index (χ4v) is 2.14. The van der Waals surface area contributed by atoms with Gasteiger partial charge in [-0.15, -0.1) is 0 Å². The van der Waals surface area contributed by atoms with Crippen molar-refractivity contribution >= 4 is 17.3 Å². The van der Waals surface area contributed by atoms with Gasteiger partial charge in [0.1, 0.15) is 5.69 Å². The summed E-state index contributed by atoms with van der Waals surface area (Å²) in [5.74, 6) is -6.97. The van der Waals surface area contributed by atoms with Crippen LogP contribution >= 0.6 is 0 Å². The van der Waals surface area contributed by atoms with Crippen LogP contribution in [0, 0.1) is 23.5 Å². The van der Waals surface area contributed by atoms with Crippen LogP contribution in [0.2, 0.25) is 0 Å². The largest absolute Gasteiger partial charge is 0.459 e.